The van der Waals surface area contributed by atoms with E-state index in [2.05, 4.69) is 34.6 Å². The van der Waals surface area contributed by atoms with Gasteiger partial charge in [-0.25, -0.2) is 4.68 Å². The van der Waals surface area contributed by atoms with Crippen molar-refractivity contribution in [2.75, 3.05) is 5.32 Å². The molecule has 0 radical (unpaired) electrons. The maximum absolute atomic E-state index is 12.5. The number of hydrogen-bond acceptors (Lipinski definition) is 4. The molecule has 0 spiro atoms. The molecule has 2 N–H and O–H groups in total. The number of nitrogens with one attached hydrogen (secondary N) is 2. The van der Waals surface area contributed by atoms with Crippen molar-refractivity contribution in [2.24, 2.45) is 5.92 Å². The molecular formula is C17H21N5O2. The number of fused-ring (bicyclic) bond motifs is 1. The third-order valence-electron chi connectivity index (χ3n) is 3.80. The number of benzene rings is 1. The first kappa shape index (κ1) is 16.2. The quantitative estimate of drug-likeness (QED) is 0.874. The van der Waals surface area contributed by atoms with Crippen LogP contribution in [0.2, 0.25) is 0 Å². The van der Waals surface area contributed by atoms with Crippen molar-refractivity contribution >= 4 is 17.8 Å². The highest BCUT2D eigenvalue weighted by Crippen LogP contribution is 2.23. The number of carbonyl (C=O) groups excluding carboxylic acids is 2. The van der Waals surface area contributed by atoms with Gasteiger partial charge in [-0.05, 0) is 11.5 Å². The summed E-state index contributed by atoms with van der Waals surface area (Å²) in [4.78, 5) is 28.7. The highest BCUT2D eigenvalue weighted by molar-refractivity contribution is 5.96. The van der Waals surface area contributed by atoms with E-state index >= 15 is 0 Å². The van der Waals surface area contributed by atoms with Gasteiger partial charge >= 0.3 is 0 Å². The van der Waals surface area contributed by atoms with Gasteiger partial charge in [-0.3, -0.25) is 14.9 Å². The molecule has 0 fully saturated rings. The van der Waals surface area contributed by atoms with E-state index in [1.165, 1.54) is 4.68 Å². The van der Waals surface area contributed by atoms with E-state index in [-0.39, 0.29) is 18.2 Å². The van der Waals surface area contributed by atoms with E-state index in [1.807, 2.05) is 30.3 Å². The van der Waals surface area contributed by atoms with Gasteiger partial charge in [0.1, 0.15) is 6.04 Å². The van der Waals surface area contributed by atoms with Crippen LogP contribution in [0.25, 0.3) is 0 Å². The lowest BCUT2D eigenvalue weighted by Crippen LogP contribution is -2.39. The van der Waals surface area contributed by atoms with Crippen molar-refractivity contribution in [3.8, 4) is 0 Å². The van der Waals surface area contributed by atoms with Gasteiger partial charge in [-0.15, -0.1) is 0 Å². The Hall–Kier alpha value is -2.70. The molecule has 24 heavy (non-hydrogen) atoms. The van der Waals surface area contributed by atoms with Crippen LogP contribution >= 0.6 is 0 Å². The Morgan fingerprint density at radius 3 is 2.83 bits per heavy atom. The minimum absolute atomic E-state index is 0.0676. The van der Waals surface area contributed by atoms with Crippen molar-refractivity contribution in [1.82, 2.24) is 20.1 Å². The Kier molecular flexibility index (Phi) is 4.59. The van der Waals surface area contributed by atoms with Crippen LogP contribution < -0.4 is 10.6 Å². The number of hydrogen-bond donors (Lipinski definition) is 2. The van der Waals surface area contributed by atoms with Gasteiger partial charge in [-0.2, -0.15) is 10.1 Å². The Morgan fingerprint density at radius 1 is 1.38 bits per heavy atom. The molecule has 0 saturated carbocycles. The van der Waals surface area contributed by atoms with E-state index in [0.29, 0.717) is 30.7 Å². The molecule has 0 aliphatic carbocycles. The van der Waals surface area contributed by atoms with E-state index in [9.17, 15) is 9.59 Å². The lowest BCUT2D eigenvalue weighted by Gasteiger charge is -2.22. The van der Waals surface area contributed by atoms with Crippen LogP contribution in [0.3, 0.4) is 0 Å². The molecule has 126 valence electrons. The van der Waals surface area contributed by atoms with Crippen LogP contribution in [-0.4, -0.2) is 26.6 Å². The fourth-order valence-electron chi connectivity index (χ4n) is 2.67. The van der Waals surface area contributed by atoms with Gasteiger partial charge in [0.25, 0.3) is 0 Å². The molecular weight excluding hydrogens is 306 g/mol. The molecule has 2 amide bonds. The average molecular weight is 327 g/mol. The van der Waals surface area contributed by atoms with Gasteiger partial charge < -0.3 is 5.32 Å². The van der Waals surface area contributed by atoms with Gasteiger partial charge in [0.2, 0.25) is 17.8 Å². The molecule has 1 aliphatic rings. The average Bonchev–Trinajstić information content (AvgIpc) is 2.94. The van der Waals surface area contributed by atoms with Crippen LogP contribution in [0.15, 0.2) is 30.3 Å². The zero-order valence-corrected chi connectivity index (χ0v) is 13.8. The fraction of sp³-hybridized carbons (Fsp3) is 0.412. The number of rotatable bonds is 5. The van der Waals surface area contributed by atoms with Crippen molar-refractivity contribution in [3.63, 3.8) is 0 Å². The van der Waals surface area contributed by atoms with E-state index in [4.69, 9.17) is 0 Å². The normalized spacial score (nSPS) is 16.6. The number of aromatic nitrogens is 3. The summed E-state index contributed by atoms with van der Waals surface area (Å²) in [7, 11) is 0. The lowest BCUT2D eigenvalue weighted by molar-refractivity contribution is -0.129. The topological polar surface area (TPSA) is 88.9 Å². The molecule has 1 aromatic heterocycles. The van der Waals surface area contributed by atoms with Crippen molar-refractivity contribution in [2.45, 2.75) is 39.3 Å². The third kappa shape index (κ3) is 3.61. The van der Waals surface area contributed by atoms with Crippen LogP contribution in [0.4, 0.5) is 5.95 Å². The standard InChI is InChI=1S/C17H21N5O2/c1-11(2)8-14-19-17-20-15(23)9-13(22(17)21-14)16(24)18-10-12-6-4-3-5-7-12/h3-7,11,13H,8-10H2,1-2H3,(H,18,24)(H,19,20,21,23). The Balaban J connectivity index is 1.74. The first-order chi connectivity index (χ1) is 11.5. The Labute approximate surface area is 140 Å². The molecule has 1 atom stereocenters. The summed E-state index contributed by atoms with van der Waals surface area (Å²) in [6.45, 7) is 4.56. The summed E-state index contributed by atoms with van der Waals surface area (Å²) >= 11 is 0. The van der Waals surface area contributed by atoms with Crippen molar-refractivity contribution in [1.29, 1.82) is 0 Å². The first-order valence-corrected chi connectivity index (χ1v) is 8.10. The SMILES string of the molecule is CC(C)Cc1nc2n(n1)C(C(=O)NCc1ccccc1)CC(=O)N2. The second kappa shape index (κ2) is 6.82. The minimum atomic E-state index is -0.661. The molecule has 1 aromatic carbocycles. The zero-order chi connectivity index (χ0) is 17.1. The van der Waals surface area contributed by atoms with Crippen molar-refractivity contribution in [3.05, 3.63) is 41.7 Å². The Bertz CT molecular complexity index is 739. The van der Waals surface area contributed by atoms with Gasteiger partial charge in [-0.1, -0.05) is 44.2 Å². The summed E-state index contributed by atoms with van der Waals surface area (Å²) in [5, 5.41) is 9.97. The molecule has 1 unspecified atom stereocenters. The smallest absolute Gasteiger partial charge is 0.245 e. The number of anilines is 1. The number of nitrogens with zero attached hydrogens (tertiary/aromatic N) is 3. The Morgan fingerprint density at radius 2 is 2.12 bits per heavy atom. The van der Waals surface area contributed by atoms with E-state index < -0.39 is 6.04 Å². The largest absolute Gasteiger partial charge is 0.350 e. The maximum Gasteiger partial charge on any atom is 0.245 e. The number of carbonyl (C=O) groups is 2. The predicted molar refractivity (Wildman–Crippen MR) is 89.1 cm³/mol. The maximum atomic E-state index is 12.5. The minimum Gasteiger partial charge on any atom is -0.350 e. The second-order valence-corrected chi connectivity index (χ2v) is 6.37. The summed E-state index contributed by atoms with van der Waals surface area (Å²) in [5.74, 6) is 0.946. The summed E-state index contributed by atoms with van der Waals surface area (Å²) in [5.41, 5.74) is 1.01. The molecule has 7 nitrogen and oxygen atoms in total. The zero-order valence-electron chi connectivity index (χ0n) is 13.8. The van der Waals surface area contributed by atoms with Gasteiger partial charge in [0, 0.05) is 13.0 Å². The van der Waals surface area contributed by atoms with E-state index in [0.717, 1.165) is 5.56 Å². The molecule has 2 heterocycles. The van der Waals surface area contributed by atoms with Crippen LogP contribution in [0.1, 0.15) is 37.7 Å². The molecule has 7 heteroatoms. The first-order valence-electron chi connectivity index (χ1n) is 8.10. The highest BCUT2D eigenvalue weighted by atomic mass is 16.2. The fourth-order valence-corrected chi connectivity index (χ4v) is 2.67. The van der Waals surface area contributed by atoms with Gasteiger partial charge in [0.15, 0.2) is 5.82 Å². The molecule has 0 saturated heterocycles. The van der Waals surface area contributed by atoms with Gasteiger partial charge in [0.05, 0.1) is 6.42 Å². The highest BCUT2D eigenvalue weighted by Gasteiger charge is 2.32. The predicted octanol–water partition coefficient (Wildman–Crippen LogP) is 1.68. The van der Waals surface area contributed by atoms with Crippen LogP contribution in [0, 0.1) is 5.92 Å². The second-order valence-electron chi connectivity index (χ2n) is 6.37. The van der Waals surface area contributed by atoms with E-state index in [1.54, 1.807) is 0 Å². The number of amides is 2. The summed E-state index contributed by atoms with van der Waals surface area (Å²) in [6.07, 6.45) is 0.770. The molecule has 0 bridgehead atoms. The van der Waals surface area contributed by atoms with Crippen LogP contribution in [-0.2, 0) is 22.6 Å². The van der Waals surface area contributed by atoms with Crippen molar-refractivity contribution < 1.29 is 9.59 Å². The molecule has 3 rings (SSSR count). The van der Waals surface area contributed by atoms with Crippen LogP contribution in [0.5, 0.6) is 0 Å². The third-order valence-corrected chi connectivity index (χ3v) is 3.80. The summed E-state index contributed by atoms with van der Waals surface area (Å²) < 4.78 is 1.53. The summed E-state index contributed by atoms with van der Waals surface area (Å²) in [6, 6.07) is 8.98. The monoisotopic (exact) mass is 327 g/mol. The molecule has 2 aromatic rings. The lowest BCUT2D eigenvalue weighted by atomic mass is 10.1. The molecule has 1 aliphatic heterocycles.